The number of benzene rings is 7. The molecule has 0 fully saturated rings. The van der Waals surface area contributed by atoms with Crippen molar-refractivity contribution >= 4 is 22.3 Å². The molecule has 218 valence electrons. The van der Waals surface area contributed by atoms with Crippen LogP contribution in [0, 0.1) is 0 Å². The molecule has 0 aromatic heterocycles. The molecule has 0 unspecified atom stereocenters. The van der Waals surface area contributed by atoms with Gasteiger partial charge in [0.1, 0.15) is 0 Å². The van der Waals surface area contributed by atoms with Gasteiger partial charge in [0.05, 0.1) is 0 Å². The SMILES string of the molecule is c1ccc(C(=C(c2ccccc2)c2ccc(C(=C(c3ccccc3)c3ccccc3)c3ccccc3)cc2)c2ccccc2)cc1. The Bertz CT molecular complexity index is 1820. The predicted molar refractivity (Wildman–Crippen MR) is 195 cm³/mol. The first-order valence-corrected chi connectivity index (χ1v) is 15.8. The summed E-state index contributed by atoms with van der Waals surface area (Å²) in [5, 5.41) is 0. The minimum Gasteiger partial charge on any atom is -0.0622 e. The number of hydrogen-bond acceptors (Lipinski definition) is 0. The minimum atomic E-state index is 1.17. The van der Waals surface area contributed by atoms with Crippen molar-refractivity contribution in [2.24, 2.45) is 0 Å². The molecule has 0 aliphatic heterocycles. The zero-order valence-electron chi connectivity index (χ0n) is 25.6. The van der Waals surface area contributed by atoms with Crippen LogP contribution in [0.3, 0.4) is 0 Å². The van der Waals surface area contributed by atoms with Crippen LogP contribution in [0.2, 0.25) is 0 Å². The summed E-state index contributed by atoms with van der Waals surface area (Å²) in [4.78, 5) is 0. The molecule has 0 aliphatic rings. The van der Waals surface area contributed by atoms with E-state index in [9.17, 15) is 0 Å². The second kappa shape index (κ2) is 13.8. The van der Waals surface area contributed by atoms with Gasteiger partial charge < -0.3 is 0 Å². The molecule has 46 heavy (non-hydrogen) atoms. The summed E-state index contributed by atoms with van der Waals surface area (Å²) in [5.74, 6) is 0. The lowest BCUT2D eigenvalue weighted by Gasteiger charge is -2.20. The van der Waals surface area contributed by atoms with Gasteiger partial charge in [-0.25, -0.2) is 0 Å². The summed E-state index contributed by atoms with van der Waals surface area (Å²) in [6.07, 6.45) is 0. The third-order valence-corrected chi connectivity index (χ3v) is 8.34. The molecule has 7 aromatic rings. The van der Waals surface area contributed by atoms with Crippen LogP contribution >= 0.6 is 0 Å². The molecule has 0 amide bonds. The summed E-state index contributed by atoms with van der Waals surface area (Å²) in [6.45, 7) is 0. The first-order valence-electron chi connectivity index (χ1n) is 15.8. The summed E-state index contributed by atoms with van der Waals surface area (Å²) in [7, 11) is 0. The molecule has 0 aliphatic carbocycles. The van der Waals surface area contributed by atoms with E-state index >= 15 is 0 Å². The predicted octanol–water partition coefficient (Wildman–Crippen LogP) is 11.7. The van der Waals surface area contributed by atoms with Crippen LogP contribution in [0.15, 0.2) is 206 Å². The van der Waals surface area contributed by atoms with Gasteiger partial charge in [0.25, 0.3) is 0 Å². The van der Waals surface area contributed by atoms with Crippen LogP contribution in [0.4, 0.5) is 0 Å². The molecule has 0 bridgehead atoms. The maximum Gasteiger partial charge on any atom is -0.00268 e. The normalized spacial score (nSPS) is 10.6. The van der Waals surface area contributed by atoms with Crippen molar-refractivity contribution in [1.29, 1.82) is 0 Å². The highest BCUT2D eigenvalue weighted by molar-refractivity contribution is 6.06. The monoisotopic (exact) mass is 586 g/mol. The van der Waals surface area contributed by atoms with Gasteiger partial charge in [-0.2, -0.15) is 0 Å². The van der Waals surface area contributed by atoms with Crippen LogP contribution in [0.1, 0.15) is 44.5 Å². The third-order valence-electron chi connectivity index (χ3n) is 8.34. The highest BCUT2D eigenvalue weighted by atomic mass is 14.2. The maximum atomic E-state index is 2.29. The van der Waals surface area contributed by atoms with E-state index in [2.05, 4.69) is 206 Å². The van der Waals surface area contributed by atoms with Gasteiger partial charge in [-0.1, -0.05) is 206 Å². The van der Waals surface area contributed by atoms with Crippen molar-refractivity contribution < 1.29 is 0 Å². The Morgan fingerprint density at radius 1 is 0.152 bits per heavy atom. The zero-order chi connectivity index (χ0) is 31.0. The van der Waals surface area contributed by atoms with E-state index in [1.54, 1.807) is 0 Å². The Morgan fingerprint density at radius 2 is 0.283 bits per heavy atom. The Labute approximate surface area is 272 Å². The first kappa shape index (κ1) is 28.8. The molecule has 0 atom stereocenters. The van der Waals surface area contributed by atoms with Gasteiger partial charge in [0, 0.05) is 0 Å². The second-order valence-electron chi connectivity index (χ2n) is 11.3. The zero-order valence-corrected chi connectivity index (χ0v) is 25.6. The van der Waals surface area contributed by atoms with E-state index in [4.69, 9.17) is 0 Å². The lowest BCUT2D eigenvalue weighted by molar-refractivity contribution is 1.47. The van der Waals surface area contributed by atoms with Gasteiger partial charge in [0.2, 0.25) is 0 Å². The molecular formula is C46H34. The summed E-state index contributed by atoms with van der Waals surface area (Å²) in [6, 6.07) is 73.7. The van der Waals surface area contributed by atoms with Gasteiger partial charge in [-0.15, -0.1) is 0 Å². The van der Waals surface area contributed by atoms with E-state index in [-0.39, 0.29) is 0 Å². The molecule has 0 heterocycles. The van der Waals surface area contributed by atoms with Crippen LogP contribution in [-0.2, 0) is 0 Å². The molecule has 0 nitrogen and oxygen atoms in total. The second-order valence-corrected chi connectivity index (χ2v) is 11.3. The maximum absolute atomic E-state index is 2.29. The molecule has 7 rings (SSSR count). The Hall–Kier alpha value is -5.98. The van der Waals surface area contributed by atoms with Crippen molar-refractivity contribution in [3.8, 4) is 0 Å². The highest BCUT2D eigenvalue weighted by Crippen LogP contribution is 2.40. The van der Waals surface area contributed by atoms with Crippen LogP contribution in [-0.4, -0.2) is 0 Å². The molecule has 0 N–H and O–H groups in total. The Morgan fingerprint density at radius 3 is 0.435 bits per heavy atom. The standard InChI is InChI=1S/C46H34/c1-7-19-35(20-8-1)43(36-21-9-2-10-22-36)45(39-27-15-5-16-28-39)41-31-33-42(34-32-41)46(40-29-17-6-18-30-40)44(37-23-11-3-12-24-37)38-25-13-4-14-26-38/h1-34H. The third kappa shape index (κ3) is 6.15. The highest BCUT2D eigenvalue weighted by Gasteiger charge is 2.19. The van der Waals surface area contributed by atoms with E-state index in [0.29, 0.717) is 0 Å². The molecule has 0 saturated heterocycles. The molecule has 7 aromatic carbocycles. The van der Waals surface area contributed by atoms with Gasteiger partial charge in [0.15, 0.2) is 0 Å². The van der Waals surface area contributed by atoms with Crippen molar-refractivity contribution in [1.82, 2.24) is 0 Å². The van der Waals surface area contributed by atoms with Crippen molar-refractivity contribution in [3.63, 3.8) is 0 Å². The van der Waals surface area contributed by atoms with Crippen LogP contribution in [0.5, 0.6) is 0 Å². The van der Waals surface area contributed by atoms with E-state index in [1.165, 1.54) is 66.8 Å². The quantitative estimate of drug-likeness (QED) is 0.155. The van der Waals surface area contributed by atoms with Crippen molar-refractivity contribution in [3.05, 3.63) is 251 Å². The Balaban J connectivity index is 1.49. The molecular weight excluding hydrogens is 553 g/mol. The molecule has 0 spiro atoms. The molecule has 0 saturated carbocycles. The fraction of sp³-hybridized carbons (Fsp3) is 0. The molecule has 0 heteroatoms. The fourth-order valence-corrected chi connectivity index (χ4v) is 6.25. The average Bonchev–Trinajstić information content (AvgIpc) is 3.15. The largest absolute Gasteiger partial charge is 0.0622 e. The molecule has 0 radical (unpaired) electrons. The first-order chi connectivity index (χ1) is 22.9. The smallest absolute Gasteiger partial charge is 0.00268 e. The van der Waals surface area contributed by atoms with Gasteiger partial charge in [-0.3, -0.25) is 0 Å². The number of hydrogen-bond donors (Lipinski definition) is 0. The number of rotatable bonds is 8. The van der Waals surface area contributed by atoms with Crippen molar-refractivity contribution in [2.45, 2.75) is 0 Å². The van der Waals surface area contributed by atoms with E-state index < -0.39 is 0 Å². The summed E-state index contributed by atoms with van der Waals surface area (Å²) >= 11 is 0. The van der Waals surface area contributed by atoms with Gasteiger partial charge in [-0.05, 0) is 66.8 Å². The fourth-order valence-electron chi connectivity index (χ4n) is 6.25. The van der Waals surface area contributed by atoms with E-state index in [1.807, 2.05) is 0 Å². The summed E-state index contributed by atoms with van der Waals surface area (Å²) in [5.41, 5.74) is 14.3. The topological polar surface area (TPSA) is 0 Å². The lowest BCUT2D eigenvalue weighted by atomic mass is 9.83. The van der Waals surface area contributed by atoms with Gasteiger partial charge >= 0.3 is 0 Å². The summed E-state index contributed by atoms with van der Waals surface area (Å²) < 4.78 is 0. The lowest BCUT2D eigenvalue weighted by Crippen LogP contribution is -1.99. The van der Waals surface area contributed by atoms with Crippen LogP contribution in [0.25, 0.3) is 22.3 Å². The Kier molecular flexibility index (Phi) is 8.61. The van der Waals surface area contributed by atoms with Crippen LogP contribution < -0.4 is 0 Å². The van der Waals surface area contributed by atoms with E-state index in [0.717, 1.165) is 0 Å². The minimum absolute atomic E-state index is 1.17. The van der Waals surface area contributed by atoms with Crippen molar-refractivity contribution in [2.75, 3.05) is 0 Å². The average molecular weight is 587 g/mol.